The van der Waals surface area contributed by atoms with E-state index < -0.39 is 0 Å². The third-order valence-corrected chi connectivity index (χ3v) is 4.50. The zero-order valence-corrected chi connectivity index (χ0v) is 13.2. The van der Waals surface area contributed by atoms with Gasteiger partial charge in [-0.2, -0.15) is 0 Å². The van der Waals surface area contributed by atoms with Crippen LogP contribution in [0.1, 0.15) is 29.1 Å². The van der Waals surface area contributed by atoms with Gasteiger partial charge in [-0.05, 0) is 43.5 Å². The fraction of sp³-hybridized carbons (Fsp3) is 0.438. The predicted octanol–water partition coefficient (Wildman–Crippen LogP) is 3.48. The first-order valence-electron chi connectivity index (χ1n) is 7.26. The van der Waals surface area contributed by atoms with Gasteiger partial charge in [0.2, 0.25) is 0 Å². The molecular weight excluding hydrogens is 285 g/mol. The molecule has 1 aromatic heterocycles. The summed E-state index contributed by atoms with van der Waals surface area (Å²) in [6.07, 6.45) is 2.47. The van der Waals surface area contributed by atoms with Crippen molar-refractivity contribution in [3.8, 4) is 0 Å². The Morgan fingerprint density at radius 2 is 2.24 bits per heavy atom. The van der Waals surface area contributed by atoms with Gasteiger partial charge in [-0.3, -0.25) is 0 Å². The predicted molar refractivity (Wildman–Crippen MR) is 85.2 cm³/mol. The molecule has 0 aliphatic heterocycles. The molecule has 1 saturated carbocycles. The molecule has 0 bridgehead atoms. The molecule has 0 radical (unpaired) electrons. The van der Waals surface area contributed by atoms with Crippen molar-refractivity contribution in [2.45, 2.75) is 38.9 Å². The molecule has 1 fully saturated rings. The Balaban J connectivity index is 1.75. The number of aromatic nitrogens is 1. The van der Waals surface area contributed by atoms with Crippen molar-refractivity contribution >= 4 is 17.0 Å². The summed E-state index contributed by atoms with van der Waals surface area (Å²) in [5, 5.41) is 6.61. The van der Waals surface area contributed by atoms with E-state index in [0.717, 1.165) is 35.0 Å². The Bertz CT molecular complexity index is 622. The van der Waals surface area contributed by atoms with Crippen molar-refractivity contribution < 1.29 is 4.39 Å². The van der Waals surface area contributed by atoms with E-state index in [9.17, 15) is 4.39 Å². The monoisotopic (exact) mass is 305 g/mol. The third kappa shape index (κ3) is 3.80. The van der Waals surface area contributed by atoms with Crippen LogP contribution in [0.3, 0.4) is 0 Å². The average Bonchev–Trinajstić information content (AvgIpc) is 3.19. The van der Waals surface area contributed by atoms with E-state index in [1.807, 2.05) is 20.0 Å². The Morgan fingerprint density at radius 1 is 1.43 bits per heavy atom. The Labute approximate surface area is 128 Å². The van der Waals surface area contributed by atoms with Crippen molar-refractivity contribution in [3.05, 3.63) is 45.7 Å². The average molecular weight is 305 g/mol. The van der Waals surface area contributed by atoms with Gasteiger partial charge in [0.1, 0.15) is 5.82 Å². The minimum Gasteiger partial charge on any atom is -0.368 e. The van der Waals surface area contributed by atoms with Gasteiger partial charge in [0.25, 0.3) is 0 Å². The molecule has 21 heavy (non-hydrogen) atoms. The van der Waals surface area contributed by atoms with E-state index >= 15 is 0 Å². The van der Waals surface area contributed by atoms with Gasteiger partial charge in [0.05, 0.1) is 17.2 Å². The molecule has 1 N–H and O–H groups in total. The molecule has 1 heterocycles. The zero-order chi connectivity index (χ0) is 14.8. The van der Waals surface area contributed by atoms with Crippen LogP contribution in [0.2, 0.25) is 0 Å². The molecule has 3 rings (SSSR count). The molecule has 0 saturated heterocycles. The van der Waals surface area contributed by atoms with Crippen LogP contribution in [0.25, 0.3) is 0 Å². The fourth-order valence-corrected chi connectivity index (χ4v) is 3.02. The highest BCUT2D eigenvalue weighted by atomic mass is 32.1. The summed E-state index contributed by atoms with van der Waals surface area (Å²) >= 11 is 1.66. The van der Waals surface area contributed by atoms with Gasteiger partial charge in [-0.1, -0.05) is 0 Å². The molecule has 5 heteroatoms. The van der Waals surface area contributed by atoms with E-state index in [2.05, 4.69) is 20.6 Å². The van der Waals surface area contributed by atoms with Crippen LogP contribution in [0.5, 0.6) is 0 Å². The quantitative estimate of drug-likeness (QED) is 0.885. The molecule has 112 valence electrons. The number of hydrogen-bond donors (Lipinski definition) is 1. The number of nitrogens with one attached hydrogen (secondary N) is 1. The van der Waals surface area contributed by atoms with Gasteiger partial charge in [0, 0.05) is 30.7 Å². The number of halogens is 1. The summed E-state index contributed by atoms with van der Waals surface area (Å²) in [4.78, 5) is 6.63. The zero-order valence-electron chi connectivity index (χ0n) is 12.4. The van der Waals surface area contributed by atoms with Crippen LogP contribution >= 0.6 is 11.3 Å². The summed E-state index contributed by atoms with van der Waals surface area (Å²) in [7, 11) is 2.03. The molecule has 1 aromatic carbocycles. The Kier molecular flexibility index (Phi) is 4.22. The summed E-state index contributed by atoms with van der Waals surface area (Å²) in [6, 6.07) is 5.64. The topological polar surface area (TPSA) is 28.2 Å². The first-order valence-corrected chi connectivity index (χ1v) is 8.14. The van der Waals surface area contributed by atoms with Crippen LogP contribution in [0, 0.1) is 12.7 Å². The normalized spacial score (nSPS) is 14.4. The van der Waals surface area contributed by atoms with E-state index in [0.29, 0.717) is 6.04 Å². The number of hydrogen-bond acceptors (Lipinski definition) is 4. The summed E-state index contributed by atoms with van der Waals surface area (Å²) in [6.45, 7) is 3.47. The summed E-state index contributed by atoms with van der Waals surface area (Å²) in [5.41, 5.74) is 3.14. The van der Waals surface area contributed by atoms with Crippen molar-refractivity contribution in [1.82, 2.24) is 10.3 Å². The highest BCUT2D eigenvalue weighted by Crippen LogP contribution is 2.25. The Hall–Kier alpha value is -1.46. The summed E-state index contributed by atoms with van der Waals surface area (Å²) in [5.74, 6) is -0.177. The number of rotatable bonds is 6. The first-order chi connectivity index (χ1) is 10.1. The number of anilines is 1. The molecular formula is C16H20FN3S. The van der Waals surface area contributed by atoms with E-state index in [1.54, 1.807) is 17.4 Å². The number of benzene rings is 1. The van der Waals surface area contributed by atoms with Crippen LogP contribution in [0.15, 0.2) is 23.6 Å². The maximum absolute atomic E-state index is 13.5. The smallest absolute Gasteiger partial charge is 0.123 e. The molecule has 0 unspecified atom stereocenters. The lowest BCUT2D eigenvalue weighted by molar-refractivity contribution is 0.619. The van der Waals surface area contributed by atoms with Crippen molar-refractivity contribution in [1.29, 1.82) is 0 Å². The summed E-state index contributed by atoms with van der Waals surface area (Å²) < 4.78 is 13.5. The van der Waals surface area contributed by atoms with Crippen LogP contribution < -0.4 is 10.2 Å². The van der Waals surface area contributed by atoms with Crippen LogP contribution in [0.4, 0.5) is 10.1 Å². The second-order valence-corrected chi connectivity index (χ2v) is 6.70. The molecule has 0 atom stereocenters. The number of nitrogens with zero attached hydrogens (tertiary/aromatic N) is 2. The van der Waals surface area contributed by atoms with Crippen LogP contribution in [-0.2, 0) is 13.1 Å². The van der Waals surface area contributed by atoms with Gasteiger partial charge < -0.3 is 10.2 Å². The largest absolute Gasteiger partial charge is 0.368 e. The number of thiazole rings is 1. The lowest BCUT2D eigenvalue weighted by atomic mass is 10.1. The third-order valence-electron chi connectivity index (χ3n) is 3.68. The molecule has 1 aliphatic carbocycles. The Morgan fingerprint density at radius 3 is 2.90 bits per heavy atom. The standard InChI is InChI=1S/C16H20FN3S/c1-11-19-15(10-21-11)9-20(2)16-6-3-13(17)7-12(16)8-18-14-4-5-14/h3,6-7,10,14,18H,4-5,8-9H2,1-2H3. The lowest BCUT2D eigenvalue weighted by Gasteiger charge is -2.22. The molecule has 0 spiro atoms. The fourth-order valence-electron chi connectivity index (χ4n) is 2.42. The van der Waals surface area contributed by atoms with E-state index in [1.165, 1.54) is 18.9 Å². The molecule has 0 amide bonds. The van der Waals surface area contributed by atoms with Gasteiger partial charge in [-0.15, -0.1) is 11.3 Å². The SMILES string of the molecule is Cc1nc(CN(C)c2ccc(F)cc2CNC2CC2)cs1. The number of aryl methyl sites for hydroxylation is 1. The van der Waals surface area contributed by atoms with E-state index in [-0.39, 0.29) is 5.82 Å². The maximum Gasteiger partial charge on any atom is 0.123 e. The first kappa shape index (κ1) is 14.5. The van der Waals surface area contributed by atoms with Crippen molar-refractivity contribution in [2.24, 2.45) is 0 Å². The van der Waals surface area contributed by atoms with Gasteiger partial charge in [-0.25, -0.2) is 9.37 Å². The molecule has 2 aromatic rings. The maximum atomic E-state index is 13.5. The highest BCUT2D eigenvalue weighted by molar-refractivity contribution is 7.09. The lowest BCUT2D eigenvalue weighted by Crippen LogP contribution is -2.22. The van der Waals surface area contributed by atoms with E-state index in [4.69, 9.17) is 0 Å². The van der Waals surface area contributed by atoms with Crippen molar-refractivity contribution in [2.75, 3.05) is 11.9 Å². The van der Waals surface area contributed by atoms with Gasteiger partial charge in [0.15, 0.2) is 0 Å². The second-order valence-electron chi connectivity index (χ2n) is 5.64. The van der Waals surface area contributed by atoms with Crippen LogP contribution in [-0.4, -0.2) is 18.1 Å². The van der Waals surface area contributed by atoms with Gasteiger partial charge >= 0.3 is 0 Å². The minimum atomic E-state index is -0.177. The molecule has 3 nitrogen and oxygen atoms in total. The second kappa shape index (κ2) is 6.12. The minimum absolute atomic E-state index is 0.177. The highest BCUT2D eigenvalue weighted by Gasteiger charge is 2.21. The molecule has 1 aliphatic rings. The van der Waals surface area contributed by atoms with Crippen molar-refractivity contribution in [3.63, 3.8) is 0 Å².